The van der Waals surface area contributed by atoms with Gasteiger partial charge in [0.1, 0.15) is 5.69 Å². The molecule has 2 aromatic heterocycles. The highest BCUT2D eigenvalue weighted by Crippen LogP contribution is 2.16. The standard InChI is InChI=1S/C12H8N4O4/c13-6-1-2-8-9(3-6)20-12(19)16(8)11(18)7-4-15-10(17)5-14-7/h1-5H,13H2,(H,15,17). The average molecular weight is 272 g/mol. The minimum Gasteiger partial charge on any atom is -0.407 e. The Morgan fingerprint density at radius 1 is 1.35 bits per heavy atom. The molecule has 0 spiro atoms. The first-order valence-electron chi connectivity index (χ1n) is 5.57. The van der Waals surface area contributed by atoms with Gasteiger partial charge < -0.3 is 15.1 Å². The summed E-state index contributed by atoms with van der Waals surface area (Å²) in [7, 11) is 0. The average Bonchev–Trinajstić information content (AvgIpc) is 2.73. The van der Waals surface area contributed by atoms with Crippen molar-refractivity contribution >= 4 is 22.7 Å². The summed E-state index contributed by atoms with van der Waals surface area (Å²) in [6.07, 6.45) is 2.09. The number of carbonyl (C=O) groups excluding carboxylic acids is 1. The molecule has 0 aliphatic heterocycles. The summed E-state index contributed by atoms with van der Waals surface area (Å²) in [6, 6.07) is 4.49. The number of hydrogen-bond donors (Lipinski definition) is 2. The second kappa shape index (κ2) is 4.19. The Labute approximate surface area is 110 Å². The van der Waals surface area contributed by atoms with Crippen LogP contribution in [0.2, 0.25) is 0 Å². The monoisotopic (exact) mass is 272 g/mol. The third-order valence-electron chi connectivity index (χ3n) is 2.70. The zero-order chi connectivity index (χ0) is 14.3. The predicted molar refractivity (Wildman–Crippen MR) is 69.5 cm³/mol. The molecule has 0 bridgehead atoms. The number of carbonyl (C=O) groups is 1. The number of nitrogen functional groups attached to an aromatic ring is 1. The van der Waals surface area contributed by atoms with Crippen LogP contribution in [-0.2, 0) is 0 Å². The van der Waals surface area contributed by atoms with Crippen LogP contribution in [0.15, 0.2) is 44.6 Å². The van der Waals surface area contributed by atoms with Crippen molar-refractivity contribution in [1.82, 2.24) is 14.5 Å². The molecular weight excluding hydrogens is 264 g/mol. The van der Waals surface area contributed by atoms with E-state index >= 15 is 0 Å². The molecule has 20 heavy (non-hydrogen) atoms. The van der Waals surface area contributed by atoms with Crippen LogP contribution in [0.5, 0.6) is 0 Å². The van der Waals surface area contributed by atoms with E-state index in [1.54, 1.807) is 6.07 Å². The second-order valence-corrected chi connectivity index (χ2v) is 4.03. The molecular formula is C12H8N4O4. The molecule has 3 aromatic rings. The molecule has 2 heterocycles. The van der Waals surface area contributed by atoms with Crippen molar-refractivity contribution in [3.05, 3.63) is 57.2 Å². The van der Waals surface area contributed by atoms with E-state index in [4.69, 9.17) is 10.2 Å². The van der Waals surface area contributed by atoms with E-state index in [9.17, 15) is 14.4 Å². The van der Waals surface area contributed by atoms with Crippen molar-refractivity contribution in [3.8, 4) is 0 Å². The van der Waals surface area contributed by atoms with Crippen LogP contribution in [0.4, 0.5) is 5.69 Å². The number of nitrogens with zero attached hydrogens (tertiary/aromatic N) is 2. The van der Waals surface area contributed by atoms with Crippen molar-refractivity contribution in [2.24, 2.45) is 0 Å². The van der Waals surface area contributed by atoms with Gasteiger partial charge in [0.25, 0.3) is 11.5 Å². The Balaban J connectivity index is 2.21. The number of H-pyrrole nitrogens is 1. The van der Waals surface area contributed by atoms with E-state index in [2.05, 4.69) is 9.97 Å². The van der Waals surface area contributed by atoms with Gasteiger partial charge in [-0.15, -0.1) is 0 Å². The van der Waals surface area contributed by atoms with Gasteiger partial charge in [0.2, 0.25) is 0 Å². The van der Waals surface area contributed by atoms with Gasteiger partial charge in [0.15, 0.2) is 5.58 Å². The summed E-state index contributed by atoms with van der Waals surface area (Å²) in [5.74, 6) is -1.54. The maximum Gasteiger partial charge on any atom is 0.427 e. The number of hydrogen-bond acceptors (Lipinski definition) is 6. The van der Waals surface area contributed by atoms with Gasteiger partial charge in [-0.1, -0.05) is 0 Å². The highest BCUT2D eigenvalue weighted by atomic mass is 16.4. The number of benzene rings is 1. The van der Waals surface area contributed by atoms with Gasteiger partial charge in [-0.25, -0.2) is 14.3 Å². The Bertz CT molecular complexity index is 914. The van der Waals surface area contributed by atoms with Crippen molar-refractivity contribution < 1.29 is 9.21 Å². The Kier molecular flexibility index (Phi) is 2.50. The fourth-order valence-corrected chi connectivity index (χ4v) is 1.80. The minimum atomic E-state index is -0.844. The minimum absolute atomic E-state index is 0.0776. The molecule has 0 aliphatic rings. The second-order valence-electron chi connectivity index (χ2n) is 4.03. The Morgan fingerprint density at radius 3 is 2.85 bits per heavy atom. The molecule has 0 fully saturated rings. The van der Waals surface area contributed by atoms with Crippen LogP contribution >= 0.6 is 0 Å². The summed E-state index contributed by atoms with van der Waals surface area (Å²) in [5, 5.41) is 0. The fourth-order valence-electron chi connectivity index (χ4n) is 1.80. The van der Waals surface area contributed by atoms with E-state index < -0.39 is 17.2 Å². The van der Waals surface area contributed by atoms with Crippen LogP contribution in [0.1, 0.15) is 10.5 Å². The first-order valence-corrected chi connectivity index (χ1v) is 5.57. The zero-order valence-corrected chi connectivity index (χ0v) is 9.99. The number of aromatic nitrogens is 3. The van der Waals surface area contributed by atoms with Crippen LogP contribution in [0, 0.1) is 0 Å². The van der Waals surface area contributed by atoms with Crippen LogP contribution in [0.3, 0.4) is 0 Å². The Morgan fingerprint density at radius 2 is 2.15 bits per heavy atom. The lowest BCUT2D eigenvalue weighted by molar-refractivity contribution is 0.0951. The Hall–Kier alpha value is -3.16. The number of anilines is 1. The molecule has 0 saturated carbocycles. The molecule has 8 heteroatoms. The number of nitrogens with one attached hydrogen (secondary N) is 1. The molecule has 100 valence electrons. The first-order chi connectivity index (χ1) is 9.56. The number of rotatable bonds is 1. The zero-order valence-electron chi connectivity index (χ0n) is 9.99. The topological polar surface area (TPSA) is 124 Å². The lowest BCUT2D eigenvalue weighted by Gasteiger charge is -1.99. The van der Waals surface area contributed by atoms with E-state index in [-0.39, 0.29) is 16.8 Å². The highest BCUT2D eigenvalue weighted by Gasteiger charge is 2.18. The van der Waals surface area contributed by atoms with Gasteiger partial charge in [-0.3, -0.25) is 9.59 Å². The lowest BCUT2D eigenvalue weighted by Crippen LogP contribution is -2.25. The first kappa shape index (κ1) is 11.9. The fraction of sp³-hybridized carbons (Fsp3) is 0. The number of aromatic amines is 1. The largest absolute Gasteiger partial charge is 0.427 e. The highest BCUT2D eigenvalue weighted by molar-refractivity contribution is 5.99. The van der Waals surface area contributed by atoms with E-state index in [1.165, 1.54) is 12.1 Å². The van der Waals surface area contributed by atoms with Gasteiger partial charge >= 0.3 is 5.76 Å². The SMILES string of the molecule is Nc1ccc2c(c1)oc(=O)n2C(=O)c1c[nH]c(=O)cn1. The molecule has 0 atom stereocenters. The molecule has 3 rings (SSSR count). The smallest absolute Gasteiger partial charge is 0.407 e. The molecule has 0 radical (unpaired) electrons. The third kappa shape index (κ3) is 1.79. The third-order valence-corrected chi connectivity index (χ3v) is 2.70. The van der Waals surface area contributed by atoms with Crippen molar-refractivity contribution in [3.63, 3.8) is 0 Å². The van der Waals surface area contributed by atoms with E-state index in [0.29, 0.717) is 5.69 Å². The maximum atomic E-state index is 12.2. The summed E-state index contributed by atoms with van der Waals surface area (Å²) < 4.78 is 5.78. The van der Waals surface area contributed by atoms with Crippen LogP contribution in [-0.4, -0.2) is 20.4 Å². The molecule has 3 N–H and O–H groups in total. The van der Waals surface area contributed by atoms with Crippen LogP contribution < -0.4 is 17.0 Å². The lowest BCUT2D eigenvalue weighted by atomic mass is 10.3. The molecule has 0 amide bonds. The molecule has 8 nitrogen and oxygen atoms in total. The summed E-state index contributed by atoms with van der Waals surface area (Å²) in [4.78, 5) is 40.9. The number of oxazole rings is 1. The summed E-state index contributed by atoms with van der Waals surface area (Å²) >= 11 is 0. The summed E-state index contributed by atoms with van der Waals surface area (Å²) in [5.41, 5.74) is 5.95. The number of fused-ring (bicyclic) bond motifs is 1. The van der Waals surface area contributed by atoms with Crippen LogP contribution in [0.25, 0.3) is 11.1 Å². The van der Waals surface area contributed by atoms with Gasteiger partial charge in [-0.05, 0) is 12.1 Å². The maximum absolute atomic E-state index is 12.2. The normalized spacial score (nSPS) is 10.8. The van der Waals surface area contributed by atoms with Gasteiger partial charge in [0.05, 0.1) is 11.7 Å². The molecule has 0 unspecified atom stereocenters. The van der Waals surface area contributed by atoms with Gasteiger partial charge in [0, 0.05) is 18.0 Å². The predicted octanol–water partition coefficient (Wildman–Crippen LogP) is -0.0515. The van der Waals surface area contributed by atoms with Gasteiger partial charge in [-0.2, -0.15) is 0 Å². The summed E-state index contributed by atoms with van der Waals surface area (Å²) in [6.45, 7) is 0. The van der Waals surface area contributed by atoms with E-state index in [0.717, 1.165) is 17.0 Å². The number of nitrogens with two attached hydrogens (primary N) is 1. The molecule has 0 aliphatic carbocycles. The quantitative estimate of drug-likeness (QED) is 0.598. The molecule has 0 saturated heterocycles. The van der Waals surface area contributed by atoms with Crippen molar-refractivity contribution in [2.75, 3.05) is 5.73 Å². The van der Waals surface area contributed by atoms with Crippen molar-refractivity contribution in [1.29, 1.82) is 0 Å². The molecule has 1 aromatic carbocycles. The van der Waals surface area contributed by atoms with E-state index in [1.807, 2.05) is 0 Å². The van der Waals surface area contributed by atoms with Crippen molar-refractivity contribution in [2.45, 2.75) is 0 Å².